The Labute approximate surface area is 115 Å². The van der Waals surface area contributed by atoms with E-state index in [4.69, 9.17) is 24.9 Å². The molecule has 0 N–H and O–H groups in total. The highest BCUT2D eigenvalue weighted by Gasteiger charge is 2.56. The number of hydrogen-bond acceptors (Lipinski definition) is 6. The quantitative estimate of drug-likeness (QED) is 0.385. The Balaban J connectivity index is 5.10. The normalized spacial score (nSPS) is 18.1. The van der Waals surface area contributed by atoms with Gasteiger partial charge in [0, 0.05) is 19.8 Å². The van der Waals surface area contributed by atoms with Gasteiger partial charge in [-0.25, -0.2) is 0 Å². The van der Waals surface area contributed by atoms with Crippen LogP contribution in [0, 0.1) is 0 Å². The first kappa shape index (κ1) is 17.5. The molecule has 3 nitrogen and oxygen atoms in total. The summed E-state index contributed by atoms with van der Waals surface area (Å²) in [7, 11) is -2.74. The van der Waals surface area contributed by atoms with Gasteiger partial charge in [0.25, 0.3) is 0 Å². The summed E-state index contributed by atoms with van der Waals surface area (Å²) in [6.45, 7) is 9.66. The summed E-state index contributed by atoms with van der Waals surface area (Å²) in [5.74, 6) is 0.858. The van der Waals surface area contributed by atoms with Gasteiger partial charge in [-0.2, -0.15) is 0 Å². The van der Waals surface area contributed by atoms with Crippen LogP contribution in [0.2, 0.25) is 0 Å². The molecule has 16 heavy (non-hydrogen) atoms. The van der Waals surface area contributed by atoms with E-state index in [-0.39, 0.29) is 0 Å². The van der Waals surface area contributed by atoms with Crippen molar-refractivity contribution in [1.82, 2.24) is 0 Å². The average molecular weight is 323 g/mol. The second kappa shape index (κ2) is 8.57. The molecule has 1 unspecified atom stereocenters. The minimum Gasteiger partial charge on any atom is -0.366 e. The van der Waals surface area contributed by atoms with Crippen LogP contribution in [0.25, 0.3) is 0 Å². The Morgan fingerprint density at radius 1 is 1.00 bits per heavy atom. The zero-order chi connectivity index (χ0) is 12.7. The summed E-state index contributed by atoms with van der Waals surface area (Å²) in [4.78, 5) is 0. The molecule has 0 bridgehead atoms. The van der Waals surface area contributed by atoms with Crippen molar-refractivity contribution in [2.75, 3.05) is 25.6 Å². The first-order valence-corrected chi connectivity index (χ1v) is 13.0. The number of hydrogen-bond donors (Lipinski definition) is 2. The molecule has 0 radical (unpaired) electrons. The first-order chi connectivity index (χ1) is 7.55. The van der Waals surface area contributed by atoms with Crippen molar-refractivity contribution in [2.45, 2.75) is 27.7 Å². The Morgan fingerprint density at radius 2 is 1.38 bits per heavy atom. The van der Waals surface area contributed by atoms with Gasteiger partial charge in [-0.05, 0) is 36.3 Å². The van der Waals surface area contributed by atoms with E-state index in [0.29, 0.717) is 19.8 Å². The number of rotatable bonds is 9. The van der Waals surface area contributed by atoms with Gasteiger partial charge in [0.15, 0.2) is 0 Å². The lowest BCUT2D eigenvalue weighted by Crippen LogP contribution is -2.48. The van der Waals surface area contributed by atoms with Gasteiger partial charge in [-0.1, -0.05) is 14.5 Å². The Bertz CT molecular complexity index is 175. The van der Waals surface area contributed by atoms with Crippen LogP contribution in [0.4, 0.5) is 0 Å². The van der Waals surface area contributed by atoms with Crippen LogP contribution >= 0.6 is 40.7 Å². The predicted molar refractivity (Wildman–Crippen MR) is 84.3 cm³/mol. The lowest BCUT2D eigenvalue weighted by atomic mass is 10.9. The van der Waals surface area contributed by atoms with E-state index in [0.717, 1.165) is 5.75 Å². The Kier molecular flexibility index (Phi) is 9.38. The smallest absolute Gasteiger partial charge is 0.366 e. The molecule has 0 aromatic carbocycles. The molecular weight excluding hydrogens is 300 g/mol. The van der Waals surface area contributed by atoms with Crippen molar-refractivity contribution in [2.24, 2.45) is 0 Å². The maximum absolute atomic E-state index is 5.84. The molecular formula is C8H22O3S4Si. The molecule has 0 aromatic rings. The van der Waals surface area contributed by atoms with Crippen LogP contribution in [-0.2, 0) is 13.3 Å². The summed E-state index contributed by atoms with van der Waals surface area (Å²) in [5, 5.41) is 0. The van der Waals surface area contributed by atoms with E-state index in [1.165, 1.54) is 9.83 Å². The van der Waals surface area contributed by atoms with Crippen molar-refractivity contribution in [1.29, 1.82) is 0 Å². The lowest BCUT2D eigenvalue weighted by Gasteiger charge is -2.43. The van der Waals surface area contributed by atoms with E-state index >= 15 is 0 Å². The van der Waals surface area contributed by atoms with Crippen molar-refractivity contribution in [3.63, 3.8) is 0 Å². The average Bonchev–Trinajstić information content (AvgIpc) is 2.28. The molecule has 8 heteroatoms. The van der Waals surface area contributed by atoms with Gasteiger partial charge in [0.2, 0.25) is 0 Å². The fraction of sp³-hybridized carbons (Fsp3) is 1.00. The van der Waals surface area contributed by atoms with E-state index in [9.17, 15) is 0 Å². The second-order valence-electron chi connectivity index (χ2n) is 2.80. The van der Waals surface area contributed by atoms with Crippen LogP contribution in [-0.4, -0.2) is 33.5 Å². The minimum atomic E-state index is -2.72. The fourth-order valence-corrected chi connectivity index (χ4v) is 14.9. The molecule has 0 aliphatic carbocycles. The van der Waals surface area contributed by atoms with Crippen LogP contribution in [0.5, 0.6) is 0 Å². The van der Waals surface area contributed by atoms with Crippen molar-refractivity contribution in [3.05, 3.63) is 0 Å². The zero-order valence-electron chi connectivity index (χ0n) is 10.3. The SMILES string of the molecule is CCO[Si](OCC)(OCC)S(S)(CC)SS. The topological polar surface area (TPSA) is 27.7 Å². The standard InChI is InChI=1S/C8H22O3S4Si/c1-5-9-16(10-6-2,11-7-3)15(13,8-4)14-12/h12-13H,5-8H2,1-4H3. The molecule has 0 aliphatic rings. The summed E-state index contributed by atoms with van der Waals surface area (Å²) >= 11 is 9.08. The molecule has 0 heterocycles. The summed E-state index contributed by atoms with van der Waals surface area (Å²) in [6.07, 6.45) is 0. The van der Waals surface area contributed by atoms with E-state index in [2.05, 4.69) is 18.6 Å². The molecule has 0 aliphatic heterocycles. The van der Waals surface area contributed by atoms with Crippen LogP contribution in [0.3, 0.4) is 0 Å². The highest BCUT2D eigenvalue weighted by atomic mass is 33.8. The van der Waals surface area contributed by atoms with Gasteiger partial charge in [-0.3, -0.25) is 0 Å². The second-order valence-corrected chi connectivity index (χ2v) is 18.3. The monoisotopic (exact) mass is 322 g/mol. The van der Waals surface area contributed by atoms with Gasteiger partial charge >= 0.3 is 7.95 Å². The number of thiol groups is 2. The molecule has 0 spiro atoms. The molecule has 0 rings (SSSR count). The van der Waals surface area contributed by atoms with Gasteiger partial charge in [0.05, 0.1) is 0 Å². The van der Waals surface area contributed by atoms with Gasteiger partial charge < -0.3 is 13.3 Å². The molecule has 0 aromatic heterocycles. The third kappa shape index (κ3) is 4.01. The highest BCUT2D eigenvalue weighted by molar-refractivity contribution is 9.40. The minimum absolute atomic E-state index is 0.579. The molecule has 1 atom stereocenters. The molecule has 0 fully saturated rings. The van der Waals surface area contributed by atoms with Gasteiger partial charge in [-0.15, -0.1) is 23.3 Å². The molecule has 100 valence electrons. The van der Waals surface area contributed by atoms with Crippen LogP contribution < -0.4 is 0 Å². The summed E-state index contributed by atoms with van der Waals surface area (Å²) in [5.41, 5.74) is 0. The lowest BCUT2D eigenvalue weighted by molar-refractivity contribution is 0.0962. The molecule has 0 saturated carbocycles. The van der Waals surface area contributed by atoms with Crippen molar-refractivity contribution in [3.8, 4) is 0 Å². The molecule has 0 saturated heterocycles. The highest BCUT2D eigenvalue weighted by Crippen LogP contribution is 2.72. The predicted octanol–water partition coefficient (Wildman–Crippen LogP) is 3.69. The van der Waals surface area contributed by atoms with Crippen molar-refractivity contribution >= 4 is 48.6 Å². The van der Waals surface area contributed by atoms with E-state index in [1.54, 1.807) is 0 Å². The Morgan fingerprint density at radius 3 is 1.56 bits per heavy atom. The maximum atomic E-state index is 5.84. The largest absolute Gasteiger partial charge is 0.575 e. The third-order valence-electron chi connectivity index (χ3n) is 1.87. The summed E-state index contributed by atoms with van der Waals surface area (Å²) in [6, 6.07) is 0. The van der Waals surface area contributed by atoms with Crippen LogP contribution in [0.1, 0.15) is 27.7 Å². The fourth-order valence-electron chi connectivity index (χ4n) is 1.21. The Hall–Kier alpha value is 1.50. The van der Waals surface area contributed by atoms with Crippen LogP contribution in [0.15, 0.2) is 0 Å². The van der Waals surface area contributed by atoms with Gasteiger partial charge in [0.1, 0.15) is 0 Å². The zero-order valence-corrected chi connectivity index (χ0v) is 14.7. The van der Waals surface area contributed by atoms with E-state index in [1.807, 2.05) is 20.8 Å². The summed E-state index contributed by atoms with van der Waals surface area (Å²) < 4.78 is 17.5. The first-order valence-electron chi connectivity index (χ1n) is 5.33. The maximum Gasteiger partial charge on any atom is 0.575 e. The van der Waals surface area contributed by atoms with E-state index < -0.39 is 15.5 Å². The van der Waals surface area contributed by atoms with Crippen molar-refractivity contribution < 1.29 is 13.3 Å². The third-order valence-corrected chi connectivity index (χ3v) is 22.0. The molecule has 0 amide bonds.